The number of hydrogen-bond donors (Lipinski definition) is 2. The molecular formula is C21H25N3O3. The molecule has 27 heavy (non-hydrogen) atoms. The van der Waals surface area contributed by atoms with Crippen LogP contribution in [0.4, 0.5) is 0 Å². The number of ether oxygens (including phenoxy) is 1. The molecule has 0 saturated carbocycles. The van der Waals surface area contributed by atoms with Crippen LogP contribution in [0.15, 0.2) is 36.4 Å². The number of nitrogens with zero attached hydrogens (tertiary/aromatic N) is 1. The summed E-state index contributed by atoms with van der Waals surface area (Å²) in [5.74, 6) is 1.61. The third kappa shape index (κ3) is 3.62. The summed E-state index contributed by atoms with van der Waals surface area (Å²) in [6, 6.07) is 11.1. The summed E-state index contributed by atoms with van der Waals surface area (Å²) >= 11 is 0. The van der Waals surface area contributed by atoms with Gasteiger partial charge in [-0.05, 0) is 69.1 Å². The summed E-state index contributed by atoms with van der Waals surface area (Å²) in [5.41, 5.74) is 1.13. The first-order chi connectivity index (χ1) is 13.0. The Morgan fingerprint density at radius 2 is 1.81 bits per heavy atom. The van der Waals surface area contributed by atoms with Crippen molar-refractivity contribution in [3.63, 3.8) is 0 Å². The molecule has 6 nitrogen and oxygen atoms in total. The standard InChI is InChI=1S/C21H25N3O3/c1-13-20(15-9-11-24(13)12-10-15)23-21(26)16-3-5-17(6-4-16)27-19-8-7-18(22-19)14(2)25/h3-8,13,15,20,22H,9-12H2,1-2H3,(H,23,26)/t13-,20-/m0/s1. The van der Waals surface area contributed by atoms with Crippen LogP contribution in [0.25, 0.3) is 0 Å². The molecule has 3 aliphatic heterocycles. The first kappa shape index (κ1) is 17.8. The minimum absolute atomic E-state index is 0.0362. The van der Waals surface area contributed by atoms with Gasteiger partial charge in [-0.2, -0.15) is 0 Å². The van der Waals surface area contributed by atoms with Gasteiger partial charge in [0.25, 0.3) is 5.91 Å². The molecule has 2 bridgehead atoms. The summed E-state index contributed by atoms with van der Waals surface area (Å²) in [4.78, 5) is 29.4. The van der Waals surface area contributed by atoms with Gasteiger partial charge in [0.05, 0.1) is 5.69 Å². The third-order valence-corrected chi connectivity index (χ3v) is 5.86. The molecule has 6 heteroatoms. The van der Waals surface area contributed by atoms with Crippen molar-refractivity contribution in [2.45, 2.75) is 38.8 Å². The summed E-state index contributed by atoms with van der Waals surface area (Å²) in [7, 11) is 0. The lowest BCUT2D eigenvalue weighted by Crippen LogP contribution is -2.62. The van der Waals surface area contributed by atoms with Crippen LogP contribution in [0.5, 0.6) is 11.6 Å². The first-order valence-corrected chi connectivity index (χ1v) is 9.54. The van der Waals surface area contributed by atoms with E-state index in [2.05, 4.69) is 22.1 Å². The quantitative estimate of drug-likeness (QED) is 0.796. The fraction of sp³-hybridized carbons (Fsp3) is 0.429. The Labute approximate surface area is 158 Å². The number of H-pyrrole nitrogens is 1. The molecule has 3 saturated heterocycles. The normalized spacial score (nSPS) is 26.6. The highest BCUT2D eigenvalue weighted by Gasteiger charge is 2.40. The summed E-state index contributed by atoms with van der Waals surface area (Å²) in [6.07, 6.45) is 2.33. The van der Waals surface area contributed by atoms with Crippen LogP contribution >= 0.6 is 0 Å². The molecule has 0 spiro atoms. The van der Waals surface area contributed by atoms with Gasteiger partial charge >= 0.3 is 0 Å². The Hall–Kier alpha value is -2.60. The Morgan fingerprint density at radius 3 is 2.41 bits per heavy atom. The summed E-state index contributed by atoms with van der Waals surface area (Å²) < 4.78 is 5.71. The fourth-order valence-electron chi connectivity index (χ4n) is 4.22. The Morgan fingerprint density at radius 1 is 1.11 bits per heavy atom. The number of aromatic nitrogens is 1. The number of amides is 1. The Balaban J connectivity index is 1.39. The number of aromatic amines is 1. The first-order valence-electron chi connectivity index (χ1n) is 9.54. The van der Waals surface area contributed by atoms with E-state index in [1.165, 1.54) is 19.8 Å². The molecule has 0 unspecified atom stereocenters. The van der Waals surface area contributed by atoms with Gasteiger partial charge in [-0.3, -0.25) is 14.5 Å². The van der Waals surface area contributed by atoms with Crippen LogP contribution in [-0.4, -0.2) is 46.7 Å². The maximum atomic E-state index is 12.7. The van der Waals surface area contributed by atoms with Gasteiger partial charge in [0.1, 0.15) is 5.75 Å². The van der Waals surface area contributed by atoms with E-state index in [0.29, 0.717) is 34.8 Å². The van der Waals surface area contributed by atoms with Crippen molar-refractivity contribution < 1.29 is 14.3 Å². The number of piperidine rings is 3. The molecule has 4 heterocycles. The molecule has 3 fully saturated rings. The van der Waals surface area contributed by atoms with E-state index >= 15 is 0 Å². The highest BCUT2D eigenvalue weighted by atomic mass is 16.5. The van der Waals surface area contributed by atoms with E-state index in [0.717, 1.165) is 13.1 Å². The summed E-state index contributed by atoms with van der Waals surface area (Å²) in [6.45, 7) is 6.00. The number of fused-ring (bicyclic) bond motifs is 3. The van der Waals surface area contributed by atoms with Gasteiger partial charge in [-0.25, -0.2) is 0 Å². The minimum atomic E-state index is -0.0427. The smallest absolute Gasteiger partial charge is 0.251 e. The Bertz CT molecular complexity index is 833. The van der Waals surface area contributed by atoms with Crippen LogP contribution in [0, 0.1) is 5.92 Å². The topological polar surface area (TPSA) is 74.4 Å². The highest BCUT2D eigenvalue weighted by molar-refractivity contribution is 5.94. The monoisotopic (exact) mass is 367 g/mol. The second kappa shape index (κ2) is 7.19. The second-order valence-corrected chi connectivity index (χ2v) is 7.53. The maximum Gasteiger partial charge on any atom is 0.251 e. The number of Topliss-reactive ketones (excluding diaryl/α,β-unsaturated/α-hetero) is 1. The average Bonchev–Trinajstić information content (AvgIpc) is 3.14. The lowest BCUT2D eigenvalue weighted by molar-refractivity contribution is 0.0217. The highest BCUT2D eigenvalue weighted by Crippen LogP contribution is 2.32. The number of nitrogens with one attached hydrogen (secondary N) is 2. The van der Waals surface area contributed by atoms with Gasteiger partial charge in [0.15, 0.2) is 11.7 Å². The fourth-order valence-corrected chi connectivity index (χ4v) is 4.22. The van der Waals surface area contributed by atoms with Crippen molar-refractivity contribution in [3.8, 4) is 11.6 Å². The van der Waals surface area contributed by atoms with Crippen molar-refractivity contribution in [3.05, 3.63) is 47.7 Å². The number of hydrogen-bond acceptors (Lipinski definition) is 4. The van der Waals surface area contributed by atoms with Gasteiger partial charge in [-0.15, -0.1) is 0 Å². The molecule has 3 aliphatic rings. The van der Waals surface area contributed by atoms with E-state index in [1.807, 2.05) is 0 Å². The summed E-state index contributed by atoms with van der Waals surface area (Å²) in [5, 5.41) is 3.24. The van der Waals surface area contributed by atoms with E-state index in [1.54, 1.807) is 36.4 Å². The van der Waals surface area contributed by atoms with Crippen molar-refractivity contribution in [2.24, 2.45) is 5.92 Å². The zero-order chi connectivity index (χ0) is 19.0. The Kier molecular flexibility index (Phi) is 4.74. The van der Waals surface area contributed by atoms with Crippen molar-refractivity contribution >= 4 is 11.7 Å². The molecule has 5 rings (SSSR count). The molecule has 2 aromatic rings. The molecule has 2 N–H and O–H groups in total. The molecule has 1 amide bonds. The van der Waals surface area contributed by atoms with Crippen LogP contribution in [0.3, 0.4) is 0 Å². The van der Waals surface area contributed by atoms with Crippen molar-refractivity contribution in [1.29, 1.82) is 0 Å². The third-order valence-electron chi connectivity index (χ3n) is 5.86. The van der Waals surface area contributed by atoms with E-state index in [4.69, 9.17) is 4.74 Å². The number of benzene rings is 1. The zero-order valence-corrected chi connectivity index (χ0v) is 15.7. The molecule has 142 valence electrons. The molecule has 2 atom stereocenters. The minimum Gasteiger partial charge on any atom is -0.441 e. The molecule has 1 aromatic carbocycles. The van der Waals surface area contributed by atoms with Gasteiger partial charge in [0, 0.05) is 30.6 Å². The van der Waals surface area contributed by atoms with Gasteiger partial charge < -0.3 is 15.0 Å². The van der Waals surface area contributed by atoms with Gasteiger partial charge in [0.2, 0.25) is 0 Å². The largest absolute Gasteiger partial charge is 0.441 e. The number of rotatable bonds is 5. The van der Waals surface area contributed by atoms with E-state index in [9.17, 15) is 9.59 Å². The molecule has 0 aliphatic carbocycles. The van der Waals surface area contributed by atoms with Gasteiger partial charge in [-0.1, -0.05) is 0 Å². The number of carbonyl (C=O) groups is 2. The zero-order valence-electron chi connectivity index (χ0n) is 15.7. The molecule has 0 radical (unpaired) electrons. The predicted molar refractivity (Wildman–Crippen MR) is 102 cm³/mol. The van der Waals surface area contributed by atoms with E-state index < -0.39 is 0 Å². The second-order valence-electron chi connectivity index (χ2n) is 7.53. The van der Waals surface area contributed by atoms with Crippen LogP contribution in [-0.2, 0) is 0 Å². The average molecular weight is 367 g/mol. The number of carbonyl (C=O) groups excluding carboxylic acids is 2. The lowest BCUT2D eigenvalue weighted by Gasteiger charge is -2.49. The van der Waals surface area contributed by atoms with Crippen molar-refractivity contribution in [2.75, 3.05) is 13.1 Å². The predicted octanol–water partition coefficient (Wildman–Crippen LogP) is 3.22. The van der Waals surface area contributed by atoms with E-state index in [-0.39, 0.29) is 17.7 Å². The van der Waals surface area contributed by atoms with Crippen molar-refractivity contribution in [1.82, 2.24) is 15.2 Å². The lowest BCUT2D eigenvalue weighted by atomic mass is 9.79. The maximum absolute atomic E-state index is 12.7. The van der Waals surface area contributed by atoms with Crippen LogP contribution in [0.1, 0.15) is 47.5 Å². The molecule has 1 aromatic heterocycles. The van der Waals surface area contributed by atoms with Crippen LogP contribution in [0.2, 0.25) is 0 Å². The SMILES string of the molecule is CC(=O)c1ccc(Oc2ccc(C(=O)N[C@@H]3C4CCN(CC4)[C@H]3C)cc2)[nH]1. The number of ketones is 1. The van der Waals surface area contributed by atoms with Crippen LogP contribution < -0.4 is 10.1 Å². The molecular weight excluding hydrogens is 342 g/mol.